The second-order valence-electron chi connectivity index (χ2n) is 6.60. The Morgan fingerprint density at radius 1 is 1.21 bits per heavy atom. The number of rotatable bonds is 9. The topological polar surface area (TPSA) is 84.7 Å². The molecule has 1 fully saturated rings. The molecule has 0 spiro atoms. The summed E-state index contributed by atoms with van der Waals surface area (Å²) in [5, 5.41) is 2.85. The predicted molar refractivity (Wildman–Crippen MR) is 105 cm³/mol. The number of aryl methyl sites for hydroxylation is 1. The van der Waals surface area contributed by atoms with E-state index >= 15 is 0 Å². The van der Waals surface area contributed by atoms with Gasteiger partial charge in [0.1, 0.15) is 5.75 Å². The maximum atomic E-state index is 12.6. The summed E-state index contributed by atoms with van der Waals surface area (Å²) in [4.78, 5) is 26.1. The fourth-order valence-corrected chi connectivity index (χ4v) is 3.22. The van der Waals surface area contributed by atoms with Crippen LogP contribution in [0.25, 0.3) is 0 Å². The summed E-state index contributed by atoms with van der Waals surface area (Å²) in [6.45, 7) is -1.40. The van der Waals surface area contributed by atoms with Gasteiger partial charge in [-0.25, -0.2) is 0 Å². The predicted octanol–water partition coefficient (Wildman–Crippen LogP) is 2.49. The average molecular weight is 420 g/mol. The van der Waals surface area contributed by atoms with E-state index in [2.05, 4.69) is 10.1 Å². The van der Waals surface area contributed by atoms with E-state index in [4.69, 9.17) is 5.73 Å². The molecule has 0 aromatic heterocycles. The smallest absolute Gasteiger partial charge is 0.387 e. The van der Waals surface area contributed by atoms with Gasteiger partial charge in [-0.15, -0.1) is 12.4 Å². The molecule has 28 heavy (non-hydrogen) atoms. The first-order valence-electron chi connectivity index (χ1n) is 9.29. The molecule has 0 saturated carbocycles. The first-order chi connectivity index (χ1) is 13.0. The molecule has 9 heteroatoms. The number of piperidine rings is 1. The lowest BCUT2D eigenvalue weighted by atomic mass is 10.0. The molecular formula is C19H28ClF2N3O3. The van der Waals surface area contributed by atoms with Gasteiger partial charge in [-0.05, 0) is 43.4 Å². The van der Waals surface area contributed by atoms with Gasteiger partial charge in [-0.3, -0.25) is 9.59 Å². The van der Waals surface area contributed by atoms with Crippen molar-refractivity contribution >= 4 is 24.2 Å². The monoisotopic (exact) mass is 419 g/mol. The number of carbonyl (C=O) groups excluding carboxylic acids is 2. The van der Waals surface area contributed by atoms with Crippen molar-refractivity contribution in [3.63, 3.8) is 0 Å². The molecule has 2 amide bonds. The van der Waals surface area contributed by atoms with Crippen LogP contribution in [0.2, 0.25) is 0 Å². The number of hydrogen-bond donors (Lipinski definition) is 2. The lowest BCUT2D eigenvalue weighted by Gasteiger charge is -2.36. The molecule has 2 rings (SSSR count). The molecule has 0 bridgehead atoms. The number of halogens is 3. The maximum Gasteiger partial charge on any atom is 0.387 e. The number of carbonyl (C=O) groups is 2. The maximum absolute atomic E-state index is 12.6. The van der Waals surface area contributed by atoms with Crippen LogP contribution in [0.5, 0.6) is 5.75 Å². The number of amides is 2. The third-order valence-electron chi connectivity index (χ3n) is 4.63. The summed E-state index contributed by atoms with van der Waals surface area (Å²) < 4.78 is 28.7. The van der Waals surface area contributed by atoms with Gasteiger partial charge < -0.3 is 20.7 Å². The van der Waals surface area contributed by atoms with Gasteiger partial charge in [0.05, 0.1) is 0 Å². The number of ether oxygens (including phenoxy) is 1. The Bertz CT molecular complexity index is 617. The van der Waals surface area contributed by atoms with E-state index in [0.29, 0.717) is 32.5 Å². The first-order valence-corrected chi connectivity index (χ1v) is 9.29. The number of nitrogens with two attached hydrogens (primary N) is 1. The summed E-state index contributed by atoms with van der Waals surface area (Å²) in [6.07, 6.45) is 4.00. The van der Waals surface area contributed by atoms with Crippen LogP contribution in [0.15, 0.2) is 24.3 Å². The van der Waals surface area contributed by atoms with Gasteiger partial charge in [0.2, 0.25) is 11.8 Å². The van der Waals surface area contributed by atoms with E-state index in [9.17, 15) is 18.4 Å². The minimum Gasteiger partial charge on any atom is -0.435 e. The second-order valence-corrected chi connectivity index (χ2v) is 6.60. The van der Waals surface area contributed by atoms with Gasteiger partial charge >= 0.3 is 6.61 Å². The van der Waals surface area contributed by atoms with Crippen molar-refractivity contribution < 1.29 is 23.1 Å². The Labute approximate surface area is 170 Å². The van der Waals surface area contributed by atoms with E-state index in [0.717, 1.165) is 24.8 Å². The second kappa shape index (κ2) is 12.5. The van der Waals surface area contributed by atoms with E-state index < -0.39 is 6.61 Å². The van der Waals surface area contributed by atoms with Crippen molar-refractivity contribution in [2.45, 2.75) is 51.2 Å². The number of hydrogen-bond acceptors (Lipinski definition) is 4. The zero-order valence-corrected chi connectivity index (χ0v) is 16.6. The van der Waals surface area contributed by atoms with Gasteiger partial charge in [0.15, 0.2) is 0 Å². The van der Waals surface area contributed by atoms with Crippen molar-refractivity contribution in [1.82, 2.24) is 10.2 Å². The molecule has 1 unspecified atom stereocenters. The van der Waals surface area contributed by atoms with Crippen LogP contribution in [0.4, 0.5) is 8.78 Å². The third-order valence-corrected chi connectivity index (χ3v) is 4.63. The Balaban J connectivity index is 0.00000392. The molecule has 1 aromatic carbocycles. The largest absolute Gasteiger partial charge is 0.435 e. The fourth-order valence-electron chi connectivity index (χ4n) is 3.22. The van der Waals surface area contributed by atoms with Crippen LogP contribution in [0, 0.1) is 0 Å². The van der Waals surface area contributed by atoms with Crippen LogP contribution < -0.4 is 15.8 Å². The minimum atomic E-state index is -2.85. The van der Waals surface area contributed by atoms with Crippen LogP contribution in [0.1, 0.15) is 37.7 Å². The van der Waals surface area contributed by atoms with Gasteiger partial charge in [-0.2, -0.15) is 8.78 Å². The van der Waals surface area contributed by atoms with Crippen molar-refractivity contribution in [1.29, 1.82) is 0 Å². The van der Waals surface area contributed by atoms with Crippen LogP contribution >= 0.6 is 12.4 Å². The quantitative estimate of drug-likeness (QED) is 0.644. The molecule has 1 heterocycles. The van der Waals surface area contributed by atoms with Crippen LogP contribution in [0.3, 0.4) is 0 Å². The highest BCUT2D eigenvalue weighted by molar-refractivity contribution is 5.85. The molecule has 1 aromatic rings. The van der Waals surface area contributed by atoms with Crippen molar-refractivity contribution in [2.75, 3.05) is 19.6 Å². The number of benzene rings is 1. The summed E-state index contributed by atoms with van der Waals surface area (Å²) in [5.74, 6) is 0.0478. The highest BCUT2D eigenvalue weighted by Crippen LogP contribution is 2.19. The van der Waals surface area contributed by atoms with E-state index in [1.807, 2.05) is 4.90 Å². The number of nitrogens with zero attached hydrogens (tertiary/aromatic N) is 1. The Hall–Kier alpha value is -1.93. The Morgan fingerprint density at radius 3 is 2.57 bits per heavy atom. The standard InChI is InChI=1S/C19H27F2N3O3.ClH/c20-19(21)27-16-7-4-14(5-8-16)6-9-18(26)24-12-2-1-3-15(24)13-23-17(25)10-11-22;/h4-5,7-8,15,19H,1-3,6,9-13,22H2,(H,23,25);1H. The molecule has 1 saturated heterocycles. The van der Waals surface area contributed by atoms with Crippen molar-refractivity contribution in [3.05, 3.63) is 29.8 Å². The van der Waals surface area contributed by atoms with E-state index in [-0.39, 0.29) is 42.4 Å². The molecule has 0 radical (unpaired) electrons. The Kier molecular flexibility index (Phi) is 10.8. The highest BCUT2D eigenvalue weighted by atomic mass is 35.5. The van der Waals surface area contributed by atoms with Crippen molar-refractivity contribution in [2.24, 2.45) is 5.73 Å². The molecule has 1 aliphatic rings. The molecular weight excluding hydrogens is 392 g/mol. The zero-order chi connectivity index (χ0) is 19.6. The average Bonchev–Trinajstić information content (AvgIpc) is 2.65. The number of likely N-dealkylation sites (tertiary alicyclic amines) is 1. The third kappa shape index (κ3) is 7.98. The SMILES string of the molecule is Cl.NCCC(=O)NCC1CCCCN1C(=O)CCc1ccc(OC(F)F)cc1. The molecule has 0 aliphatic carbocycles. The number of nitrogens with one attached hydrogen (secondary N) is 1. The number of alkyl halides is 2. The summed E-state index contributed by atoms with van der Waals surface area (Å²) >= 11 is 0. The summed E-state index contributed by atoms with van der Waals surface area (Å²) in [6, 6.07) is 6.33. The first kappa shape index (κ1) is 24.1. The molecule has 6 nitrogen and oxygen atoms in total. The van der Waals surface area contributed by atoms with Gasteiger partial charge in [0.25, 0.3) is 0 Å². The molecule has 1 aliphatic heterocycles. The zero-order valence-electron chi connectivity index (χ0n) is 15.7. The lowest BCUT2D eigenvalue weighted by molar-refractivity contribution is -0.135. The van der Waals surface area contributed by atoms with Gasteiger partial charge in [-0.1, -0.05) is 12.1 Å². The van der Waals surface area contributed by atoms with Gasteiger partial charge in [0, 0.05) is 38.5 Å². The molecule has 3 N–H and O–H groups in total. The minimum absolute atomic E-state index is 0. The normalized spacial score (nSPS) is 16.4. The fraction of sp³-hybridized carbons (Fsp3) is 0.579. The van der Waals surface area contributed by atoms with Crippen LogP contribution in [-0.4, -0.2) is 49.0 Å². The summed E-state index contributed by atoms with van der Waals surface area (Å²) in [7, 11) is 0. The van der Waals surface area contributed by atoms with E-state index in [1.165, 1.54) is 12.1 Å². The van der Waals surface area contributed by atoms with Crippen LogP contribution in [-0.2, 0) is 16.0 Å². The van der Waals surface area contributed by atoms with Crippen molar-refractivity contribution in [3.8, 4) is 5.75 Å². The summed E-state index contributed by atoms with van der Waals surface area (Å²) in [5.41, 5.74) is 6.26. The molecule has 158 valence electrons. The lowest BCUT2D eigenvalue weighted by Crippen LogP contribution is -2.49. The van der Waals surface area contributed by atoms with E-state index in [1.54, 1.807) is 12.1 Å². The Morgan fingerprint density at radius 2 is 1.93 bits per heavy atom. The highest BCUT2D eigenvalue weighted by Gasteiger charge is 2.26. The molecule has 1 atom stereocenters.